The number of aliphatic hydroxyl groups is 1. The van der Waals surface area contributed by atoms with E-state index in [1.807, 2.05) is 25.1 Å². The molecule has 1 heteroatoms. The second kappa shape index (κ2) is 5.16. The molecule has 1 rings (SSSR count). The molecule has 1 N–H and O–H groups in total. The Morgan fingerprint density at radius 3 is 2.14 bits per heavy atom. The third-order valence-corrected chi connectivity index (χ3v) is 2.96. The fourth-order valence-electron chi connectivity index (χ4n) is 2.01. The predicted molar refractivity (Wildman–Crippen MR) is 60.3 cm³/mol. The van der Waals surface area contributed by atoms with Gasteiger partial charge in [0.2, 0.25) is 0 Å². The van der Waals surface area contributed by atoms with Crippen molar-refractivity contribution in [3.05, 3.63) is 35.9 Å². The molecule has 0 saturated carbocycles. The number of rotatable bonds is 4. The van der Waals surface area contributed by atoms with Gasteiger partial charge in [-0.05, 0) is 18.4 Å². The van der Waals surface area contributed by atoms with Crippen LogP contribution in [0, 0.1) is 5.92 Å². The molecule has 0 aliphatic heterocycles. The van der Waals surface area contributed by atoms with Gasteiger partial charge in [0.25, 0.3) is 0 Å². The van der Waals surface area contributed by atoms with Crippen molar-refractivity contribution in [3.8, 4) is 0 Å². The van der Waals surface area contributed by atoms with E-state index in [0.29, 0.717) is 5.92 Å². The lowest BCUT2D eigenvalue weighted by molar-refractivity contribution is 0.134. The number of hydrogen-bond donors (Lipinski definition) is 1. The molecule has 78 valence electrons. The van der Waals surface area contributed by atoms with Crippen LogP contribution in [-0.2, 0) is 0 Å². The van der Waals surface area contributed by atoms with Gasteiger partial charge in [-0.15, -0.1) is 0 Å². The summed E-state index contributed by atoms with van der Waals surface area (Å²) in [6.07, 6.45) is 0.831. The summed E-state index contributed by atoms with van der Waals surface area (Å²) in [7, 11) is 0. The average Bonchev–Trinajstić information content (AvgIpc) is 2.19. The summed E-state index contributed by atoms with van der Waals surface area (Å²) in [5.41, 5.74) is 1.25. The van der Waals surface area contributed by atoms with Gasteiger partial charge in [0.05, 0.1) is 6.10 Å². The largest absolute Gasteiger partial charge is 0.393 e. The molecule has 0 fully saturated rings. The highest BCUT2D eigenvalue weighted by atomic mass is 16.3. The van der Waals surface area contributed by atoms with E-state index in [-0.39, 0.29) is 12.0 Å². The Labute approximate surface area is 86.8 Å². The highest BCUT2D eigenvalue weighted by molar-refractivity contribution is 5.21. The van der Waals surface area contributed by atoms with Gasteiger partial charge in [0, 0.05) is 5.92 Å². The standard InChI is InChI=1S/C13H20O/c1-4-10(2)13(11(3)14)12-8-6-5-7-9-12/h5-11,13-14H,4H2,1-3H3. The Balaban J connectivity index is 2.89. The molecule has 0 heterocycles. The van der Waals surface area contributed by atoms with E-state index in [2.05, 4.69) is 26.0 Å². The van der Waals surface area contributed by atoms with Crippen molar-refractivity contribution in [2.24, 2.45) is 5.92 Å². The molecule has 0 aliphatic rings. The van der Waals surface area contributed by atoms with Crippen molar-refractivity contribution in [1.29, 1.82) is 0 Å². The van der Waals surface area contributed by atoms with Crippen LogP contribution in [0.3, 0.4) is 0 Å². The van der Waals surface area contributed by atoms with Crippen LogP contribution >= 0.6 is 0 Å². The van der Waals surface area contributed by atoms with Gasteiger partial charge in [0.15, 0.2) is 0 Å². The minimum Gasteiger partial charge on any atom is -0.393 e. The number of benzene rings is 1. The maximum absolute atomic E-state index is 9.77. The smallest absolute Gasteiger partial charge is 0.0583 e. The summed E-state index contributed by atoms with van der Waals surface area (Å²) in [6.45, 7) is 6.25. The molecule has 1 nitrogen and oxygen atoms in total. The highest BCUT2D eigenvalue weighted by Crippen LogP contribution is 2.29. The van der Waals surface area contributed by atoms with E-state index in [9.17, 15) is 5.11 Å². The van der Waals surface area contributed by atoms with Gasteiger partial charge in [-0.3, -0.25) is 0 Å². The minimum atomic E-state index is -0.271. The monoisotopic (exact) mass is 192 g/mol. The van der Waals surface area contributed by atoms with E-state index in [1.165, 1.54) is 5.56 Å². The first kappa shape index (κ1) is 11.3. The van der Waals surface area contributed by atoms with Gasteiger partial charge >= 0.3 is 0 Å². The fraction of sp³-hybridized carbons (Fsp3) is 0.538. The van der Waals surface area contributed by atoms with Crippen LogP contribution < -0.4 is 0 Å². The normalized spacial score (nSPS) is 17.4. The molecule has 0 amide bonds. The molecule has 3 atom stereocenters. The van der Waals surface area contributed by atoms with Gasteiger partial charge in [0.1, 0.15) is 0 Å². The third kappa shape index (κ3) is 2.58. The maximum atomic E-state index is 9.77. The SMILES string of the molecule is CCC(C)C(c1ccccc1)C(C)O. The van der Waals surface area contributed by atoms with Crippen molar-refractivity contribution in [2.45, 2.75) is 39.2 Å². The van der Waals surface area contributed by atoms with Crippen LogP contribution in [-0.4, -0.2) is 11.2 Å². The van der Waals surface area contributed by atoms with Gasteiger partial charge < -0.3 is 5.11 Å². The van der Waals surface area contributed by atoms with Crippen LogP contribution in [0.2, 0.25) is 0 Å². The topological polar surface area (TPSA) is 20.2 Å². The van der Waals surface area contributed by atoms with Gasteiger partial charge in [-0.25, -0.2) is 0 Å². The maximum Gasteiger partial charge on any atom is 0.0583 e. The molecule has 0 aliphatic carbocycles. The summed E-state index contributed by atoms with van der Waals surface area (Å²) in [5, 5.41) is 9.77. The zero-order valence-corrected chi connectivity index (χ0v) is 9.27. The quantitative estimate of drug-likeness (QED) is 0.776. The summed E-state index contributed by atoms with van der Waals surface area (Å²) in [5.74, 6) is 0.790. The Morgan fingerprint density at radius 2 is 1.71 bits per heavy atom. The van der Waals surface area contributed by atoms with Gasteiger partial charge in [-0.2, -0.15) is 0 Å². The first-order valence-electron chi connectivity index (χ1n) is 5.39. The lowest BCUT2D eigenvalue weighted by Crippen LogP contribution is -2.21. The molecule has 3 unspecified atom stereocenters. The van der Waals surface area contributed by atoms with Crippen LogP contribution in [0.5, 0.6) is 0 Å². The molecule has 1 aromatic carbocycles. The van der Waals surface area contributed by atoms with E-state index in [4.69, 9.17) is 0 Å². The molecular weight excluding hydrogens is 172 g/mol. The summed E-state index contributed by atoms with van der Waals surface area (Å²) in [4.78, 5) is 0. The van der Waals surface area contributed by atoms with Crippen LogP contribution in [0.1, 0.15) is 38.7 Å². The average molecular weight is 192 g/mol. The summed E-state index contributed by atoms with van der Waals surface area (Å²) >= 11 is 0. The second-order valence-corrected chi connectivity index (χ2v) is 4.06. The fourth-order valence-corrected chi connectivity index (χ4v) is 2.01. The van der Waals surface area contributed by atoms with Crippen molar-refractivity contribution in [1.82, 2.24) is 0 Å². The minimum absolute atomic E-state index is 0.265. The molecule has 0 spiro atoms. The first-order valence-corrected chi connectivity index (χ1v) is 5.39. The van der Waals surface area contributed by atoms with E-state index >= 15 is 0 Å². The van der Waals surface area contributed by atoms with Crippen molar-refractivity contribution < 1.29 is 5.11 Å². The number of hydrogen-bond acceptors (Lipinski definition) is 1. The number of aliphatic hydroxyl groups excluding tert-OH is 1. The van der Waals surface area contributed by atoms with Crippen molar-refractivity contribution in [2.75, 3.05) is 0 Å². The third-order valence-electron chi connectivity index (χ3n) is 2.96. The Kier molecular flexibility index (Phi) is 4.15. The van der Waals surface area contributed by atoms with E-state index in [1.54, 1.807) is 0 Å². The van der Waals surface area contributed by atoms with Gasteiger partial charge in [-0.1, -0.05) is 50.6 Å². The first-order chi connectivity index (χ1) is 6.66. The van der Waals surface area contributed by atoms with Crippen molar-refractivity contribution in [3.63, 3.8) is 0 Å². The Morgan fingerprint density at radius 1 is 1.14 bits per heavy atom. The second-order valence-electron chi connectivity index (χ2n) is 4.06. The molecule has 14 heavy (non-hydrogen) atoms. The Bertz CT molecular complexity index is 253. The van der Waals surface area contributed by atoms with E-state index < -0.39 is 0 Å². The molecule has 0 saturated heterocycles. The van der Waals surface area contributed by atoms with Crippen LogP contribution in [0.25, 0.3) is 0 Å². The predicted octanol–water partition coefficient (Wildman–Crippen LogP) is 3.20. The molecule has 0 radical (unpaired) electrons. The summed E-state index contributed by atoms with van der Waals surface area (Å²) in [6, 6.07) is 10.3. The molecular formula is C13H20O. The lowest BCUT2D eigenvalue weighted by atomic mass is 9.82. The zero-order valence-electron chi connectivity index (χ0n) is 9.27. The molecule has 0 bridgehead atoms. The molecule has 1 aromatic rings. The zero-order chi connectivity index (χ0) is 10.6. The van der Waals surface area contributed by atoms with Crippen LogP contribution in [0.4, 0.5) is 0 Å². The van der Waals surface area contributed by atoms with E-state index in [0.717, 1.165) is 6.42 Å². The highest BCUT2D eigenvalue weighted by Gasteiger charge is 2.22. The Hall–Kier alpha value is -0.820. The lowest BCUT2D eigenvalue weighted by Gasteiger charge is -2.26. The molecule has 0 aromatic heterocycles. The summed E-state index contributed by atoms with van der Waals surface area (Å²) < 4.78 is 0. The van der Waals surface area contributed by atoms with Crippen LogP contribution in [0.15, 0.2) is 30.3 Å². The van der Waals surface area contributed by atoms with Crippen molar-refractivity contribution >= 4 is 0 Å².